The molecule has 1 saturated carbocycles. The van der Waals surface area contributed by atoms with Gasteiger partial charge in [-0.1, -0.05) is 30.3 Å². The number of carbonyl (C=O) groups is 2. The zero-order valence-corrected chi connectivity index (χ0v) is 14.6. The summed E-state index contributed by atoms with van der Waals surface area (Å²) >= 11 is 0. The van der Waals surface area contributed by atoms with Gasteiger partial charge < -0.3 is 24.3 Å². The Balaban J connectivity index is 1.61. The van der Waals surface area contributed by atoms with Crippen molar-refractivity contribution >= 4 is 12.1 Å². The van der Waals surface area contributed by atoms with Gasteiger partial charge in [0.15, 0.2) is 5.79 Å². The van der Waals surface area contributed by atoms with Gasteiger partial charge in [-0.15, -0.1) is 0 Å². The molecule has 2 aliphatic rings. The Kier molecular flexibility index (Phi) is 4.96. The van der Waals surface area contributed by atoms with Gasteiger partial charge in [0.05, 0.1) is 19.1 Å². The average molecular weight is 349 g/mol. The van der Waals surface area contributed by atoms with Crippen LogP contribution in [0.3, 0.4) is 0 Å². The van der Waals surface area contributed by atoms with E-state index >= 15 is 0 Å². The number of hydrogen-bond acceptors (Lipinski definition) is 6. The van der Waals surface area contributed by atoms with Crippen LogP contribution < -0.4 is 5.32 Å². The van der Waals surface area contributed by atoms with Crippen LogP contribution in [0.1, 0.15) is 25.8 Å². The molecule has 3 rings (SSSR count). The van der Waals surface area contributed by atoms with Gasteiger partial charge in [0.25, 0.3) is 0 Å². The van der Waals surface area contributed by atoms with E-state index in [1.807, 2.05) is 30.3 Å². The van der Waals surface area contributed by atoms with E-state index < -0.39 is 30.0 Å². The van der Waals surface area contributed by atoms with Crippen LogP contribution in [0, 0.1) is 5.92 Å². The Hall–Kier alpha value is -2.12. The molecule has 0 aromatic heterocycles. The largest absolute Gasteiger partial charge is 0.469 e. The van der Waals surface area contributed by atoms with Gasteiger partial charge in [-0.05, 0) is 25.8 Å². The minimum absolute atomic E-state index is 0.177. The van der Waals surface area contributed by atoms with E-state index in [2.05, 4.69) is 5.32 Å². The highest BCUT2D eigenvalue weighted by Crippen LogP contribution is 2.42. The number of nitrogens with one attached hydrogen (secondary N) is 1. The molecule has 1 aliphatic heterocycles. The first-order valence-electron chi connectivity index (χ1n) is 8.30. The number of alkyl carbamates (subject to hydrolysis) is 1. The molecule has 7 heteroatoms. The fourth-order valence-corrected chi connectivity index (χ4v) is 3.42. The van der Waals surface area contributed by atoms with Crippen LogP contribution in [0.5, 0.6) is 0 Å². The summed E-state index contributed by atoms with van der Waals surface area (Å²) < 4.78 is 21.8. The third-order valence-electron chi connectivity index (χ3n) is 4.48. The third kappa shape index (κ3) is 3.93. The highest BCUT2D eigenvalue weighted by atomic mass is 16.8. The minimum Gasteiger partial charge on any atom is -0.469 e. The lowest BCUT2D eigenvalue weighted by Crippen LogP contribution is -2.43. The molecule has 136 valence electrons. The molecule has 1 heterocycles. The first kappa shape index (κ1) is 17.7. The Morgan fingerprint density at radius 3 is 2.56 bits per heavy atom. The Morgan fingerprint density at radius 2 is 1.88 bits per heavy atom. The molecular formula is C18H23NO6. The van der Waals surface area contributed by atoms with Gasteiger partial charge in [0, 0.05) is 0 Å². The summed E-state index contributed by atoms with van der Waals surface area (Å²) in [5, 5.41) is 2.79. The lowest BCUT2D eigenvalue weighted by molar-refractivity contribution is -0.168. The van der Waals surface area contributed by atoms with Gasteiger partial charge in [-0.25, -0.2) is 4.79 Å². The Bertz CT molecular complexity index is 632. The maximum Gasteiger partial charge on any atom is 0.407 e. The molecule has 1 N–H and O–H groups in total. The number of methoxy groups -OCH3 is 1. The lowest BCUT2D eigenvalue weighted by Gasteiger charge is -2.23. The quantitative estimate of drug-likeness (QED) is 0.837. The van der Waals surface area contributed by atoms with Crippen molar-refractivity contribution in [2.75, 3.05) is 7.11 Å². The van der Waals surface area contributed by atoms with Crippen LogP contribution in [-0.4, -0.2) is 43.2 Å². The van der Waals surface area contributed by atoms with Crippen molar-refractivity contribution in [2.45, 2.75) is 50.9 Å². The zero-order chi connectivity index (χ0) is 18.0. The molecular weight excluding hydrogens is 326 g/mol. The molecule has 1 saturated heterocycles. The van der Waals surface area contributed by atoms with Crippen molar-refractivity contribution in [2.24, 2.45) is 5.92 Å². The SMILES string of the molecule is COC(=O)[C@H]1C[C@@H](NC(=O)OCc2ccccc2)[C@H]2OC(C)(C)O[C@H]21. The second-order valence-corrected chi connectivity index (χ2v) is 6.74. The first-order chi connectivity index (χ1) is 11.9. The van der Waals surface area contributed by atoms with Crippen molar-refractivity contribution in [3.05, 3.63) is 35.9 Å². The van der Waals surface area contributed by atoms with Gasteiger partial charge >= 0.3 is 12.1 Å². The molecule has 0 bridgehead atoms. The van der Waals surface area contributed by atoms with E-state index in [0.717, 1.165) is 5.56 Å². The standard InChI is InChI=1S/C18H23NO6/c1-18(2)24-14-12(16(20)22-3)9-13(15(14)25-18)19-17(21)23-10-11-7-5-4-6-8-11/h4-8,12-15H,9-10H2,1-3H3,(H,19,21)/t12-,13+,14-,15+/m0/s1. The summed E-state index contributed by atoms with van der Waals surface area (Å²) in [6.45, 7) is 3.74. The fourth-order valence-electron chi connectivity index (χ4n) is 3.42. The van der Waals surface area contributed by atoms with Gasteiger partial charge in [-0.3, -0.25) is 4.79 Å². The van der Waals surface area contributed by atoms with E-state index in [1.54, 1.807) is 13.8 Å². The summed E-state index contributed by atoms with van der Waals surface area (Å²) in [7, 11) is 1.34. The van der Waals surface area contributed by atoms with E-state index in [-0.39, 0.29) is 18.6 Å². The van der Waals surface area contributed by atoms with Crippen LogP contribution in [0.25, 0.3) is 0 Å². The summed E-state index contributed by atoms with van der Waals surface area (Å²) in [5.74, 6) is -1.65. The number of hydrogen-bond donors (Lipinski definition) is 1. The second-order valence-electron chi connectivity index (χ2n) is 6.74. The molecule has 0 radical (unpaired) electrons. The van der Waals surface area contributed by atoms with E-state index in [9.17, 15) is 9.59 Å². The number of esters is 1. The number of fused-ring (bicyclic) bond motifs is 1. The van der Waals surface area contributed by atoms with Gasteiger partial charge in [0.2, 0.25) is 0 Å². The molecule has 1 amide bonds. The monoisotopic (exact) mass is 349 g/mol. The number of ether oxygens (including phenoxy) is 4. The third-order valence-corrected chi connectivity index (χ3v) is 4.48. The molecule has 1 aromatic carbocycles. The summed E-state index contributed by atoms with van der Waals surface area (Å²) in [6.07, 6.45) is -1.02. The van der Waals surface area contributed by atoms with Crippen molar-refractivity contribution in [1.82, 2.24) is 5.32 Å². The van der Waals surface area contributed by atoms with Crippen LogP contribution in [0.15, 0.2) is 30.3 Å². The van der Waals surface area contributed by atoms with Crippen LogP contribution in [0.4, 0.5) is 4.79 Å². The number of carbonyl (C=O) groups excluding carboxylic acids is 2. The van der Waals surface area contributed by atoms with Gasteiger partial charge in [0.1, 0.15) is 18.8 Å². The summed E-state index contributed by atoms with van der Waals surface area (Å²) in [6, 6.07) is 9.04. The van der Waals surface area contributed by atoms with E-state index in [0.29, 0.717) is 6.42 Å². The molecule has 2 fully saturated rings. The minimum atomic E-state index is -0.810. The maximum atomic E-state index is 12.1. The van der Waals surface area contributed by atoms with E-state index in [1.165, 1.54) is 7.11 Å². The van der Waals surface area contributed by atoms with Gasteiger partial charge in [-0.2, -0.15) is 0 Å². The van der Waals surface area contributed by atoms with Crippen molar-refractivity contribution in [3.63, 3.8) is 0 Å². The van der Waals surface area contributed by atoms with Crippen molar-refractivity contribution in [3.8, 4) is 0 Å². The first-order valence-corrected chi connectivity index (χ1v) is 8.30. The smallest absolute Gasteiger partial charge is 0.407 e. The fraction of sp³-hybridized carbons (Fsp3) is 0.556. The Morgan fingerprint density at radius 1 is 1.20 bits per heavy atom. The second kappa shape index (κ2) is 7.01. The Labute approximate surface area is 146 Å². The predicted molar refractivity (Wildman–Crippen MR) is 87.5 cm³/mol. The maximum absolute atomic E-state index is 12.1. The summed E-state index contributed by atoms with van der Waals surface area (Å²) in [4.78, 5) is 24.1. The van der Waals surface area contributed by atoms with Crippen LogP contribution in [0.2, 0.25) is 0 Å². The normalized spacial score (nSPS) is 29.7. The number of benzene rings is 1. The van der Waals surface area contributed by atoms with Crippen molar-refractivity contribution in [1.29, 1.82) is 0 Å². The molecule has 25 heavy (non-hydrogen) atoms. The summed E-state index contributed by atoms with van der Waals surface area (Å²) in [5.41, 5.74) is 0.899. The molecule has 4 atom stereocenters. The topological polar surface area (TPSA) is 83.1 Å². The van der Waals surface area contributed by atoms with Crippen LogP contribution in [-0.2, 0) is 30.3 Å². The average Bonchev–Trinajstić information content (AvgIpc) is 3.07. The predicted octanol–water partition coefficient (Wildman–Crippen LogP) is 1.99. The highest BCUT2D eigenvalue weighted by molar-refractivity contribution is 5.74. The zero-order valence-electron chi connectivity index (χ0n) is 14.6. The van der Waals surface area contributed by atoms with Crippen molar-refractivity contribution < 1.29 is 28.5 Å². The highest BCUT2D eigenvalue weighted by Gasteiger charge is 2.57. The number of rotatable bonds is 4. The van der Waals surface area contributed by atoms with E-state index in [4.69, 9.17) is 18.9 Å². The molecule has 1 aromatic rings. The molecule has 7 nitrogen and oxygen atoms in total. The molecule has 0 spiro atoms. The molecule has 0 unspecified atom stereocenters. The molecule has 1 aliphatic carbocycles. The van der Waals surface area contributed by atoms with Crippen LogP contribution >= 0.6 is 0 Å². The number of amides is 1. The lowest BCUT2D eigenvalue weighted by atomic mass is 10.1.